The largest absolute Gasteiger partial charge is 0.478 e. The highest BCUT2D eigenvalue weighted by atomic mass is 19.4. The van der Waals surface area contributed by atoms with Crippen LogP contribution in [0.25, 0.3) is 0 Å². The van der Waals surface area contributed by atoms with E-state index >= 15 is 0 Å². The first-order valence-electron chi connectivity index (χ1n) is 3.05. The van der Waals surface area contributed by atoms with Crippen LogP contribution in [0.5, 0.6) is 0 Å². The molecule has 1 aromatic rings. The first kappa shape index (κ1) is 9.43. The van der Waals surface area contributed by atoms with Crippen LogP contribution in [0.2, 0.25) is 0 Å². The Kier molecular flexibility index (Phi) is 2.18. The monoisotopic (exact) mass is 192 g/mol. The molecule has 0 bridgehead atoms. The number of carbonyl (C=O) groups is 1. The van der Waals surface area contributed by atoms with E-state index in [9.17, 15) is 18.0 Å². The highest BCUT2D eigenvalue weighted by molar-refractivity contribution is 5.88. The first-order chi connectivity index (χ1) is 5.93. The smallest absolute Gasteiger partial charge is 0.436 e. The molecule has 4 nitrogen and oxygen atoms in total. The predicted octanol–water partition coefficient (Wildman–Crippen LogP) is 1.19. The molecule has 0 fully saturated rings. The molecule has 0 spiro atoms. The first-order valence-corrected chi connectivity index (χ1v) is 3.05. The molecule has 70 valence electrons. The van der Waals surface area contributed by atoms with Crippen molar-refractivity contribution < 1.29 is 23.1 Å². The summed E-state index contributed by atoms with van der Waals surface area (Å²) in [6.45, 7) is 0. The van der Waals surface area contributed by atoms with Gasteiger partial charge in [0.2, 0.25) is 0 Å². The maximum absolute atomic E-state index is 12.0. The van der Waals surface area contributed by atoms with E-state index in [0.29, 0.717) is 0 Å². The number of nitrogens with zero attached hydrogens (tertiary/aromatic N) is 2. The fraction of sp³-hybridized carbons (Fsp3) is 0.167. The number of alkyl halides is 3. The lowest BCUT2D eigenvalue weighted by Gasteiger charge is -2.06. The summed E-state index contributed by atoms with van der Waals surface area (Å²) >= 11 is 0. The SMILES string of the molecule is O=C(O)c1ccnnc1C(F)(F)F. The zero-order chi connectivity index (χ0) is 10.1. The summed E-state index contributed by atoms with van der Waals surface area (Å²) in [6, 6.07) is 0.748. The van der Waals surface area contributed by atoms with Crippen molar-refractivity contribution >= 4 is 5.97 Å². The Labute approximate surface area is 70.0 Å². The Morgan fingerprint density at radius 1 is 1.46 bits per heavy atom. The van der Waals surface area contributed by atoms with Crippen molar-refractivity contribution in [1.29, 1.82) is 0 Å². The van der Waals surface area contributed by atoms with Gasteiger partial charge in [0.1, 0.15) is 0 Å². The molecule has 0 aliphatic rings. The Morgan fingerprint density at radius 2 is 2.08 bits per heavy atom. The van der Waals surface area contributed by atoms with E-state index < -0.39 is 23.4 Å². The zero-order valence-corrected chi connectivity index (χ0v) is 6.04. The van der Waals surface area contributed by atoms with Crippen LogP contribution in [0.1, 0.15) is 16.1 Å². The summed E-state index contributed by atoms with van der Waals surface area (Å²) < 4.78 is 36.1. The van der Waals surface area contributed by atoms with Crippen molar-refractivity contribution in [3.8, 4) is 0 Å². The van der Waals surface area contributed by atoms with Crippen LogP contribution in [-0.4, -0.2) is 21.3 Å². The van der Waals surface area contributed by atoms with Crippen LogP contribution in [0, 0.1) is 0 Å². The summed E-state index contributed by atoms with van der Waals surface area (Å²) in [7, 11) is 0. The van der Waals surface area contributed by atoms with Crippen molar-refractivity contribution in [1.82, 2.24) is 10.2 Å². The van der Waals surface area contributed by atoms with E-state index in [1.807, 2.05) is 0 Å². The molecule has 0 saturated heterocycles. The van der Waals surface area contributed by atoms with Gasteiger partial charge in [-0.15, -0.1) is 5.10 Å². The van der Waals surface area contributed by atoms with Gasteiger partial charge in [-0.2, -0.15) is 18.3 Å². The van der Waals surface area contributed by atoms with Gasteiger partial charge in [0.05, 0.1) is 11.8 Å². The van der Waals surface area contributed by atoms with Gasteiger partial charge in [0, 0.05) is 0 Å². The fourth-order valence-corrected chi connectivity index (χ4v) is 0.714. The number of hydrogen-bond acceptors (Lipinski definition) is 3. The minimum atomic E-state index is -4.79. The Hall–Kier alpha value is -1.66. The number of hydrogen-bond donors (Lipinski definition) is 1. The van der Waals surface area contributed by atoms with Gasteiger partial charge < -0.3 is 5.11 Å². The van der Waals surface area contributed by atoms with Crippen molar-refractivity contribution in [3.63, 3.8) is 0 Å². The summed E-state index contributed by atoms with van der Waals surface area (Å²) in [5, 5.41) is 14.0. The van der Waals surface area contributed by atoms with Gasteiger partial charge in [-0.1, -0.05) is 0 Å². The fourth-order valence-electron chi connectivity index (χ4n) is 0.714. The molecular formula is C6H3F3N2O2. The second-order valence-corrected chi connectivity index (χ2v) is 2.10. The Balaban J connectivity index is 3.28. The predicted molar refractivity (Wildman–Crippen MR) is 34.0 cm³/mol. The average molecular weight is 192 g/mol. The highest BCUT2D eigenvalue weighted by Crippen LogP contribution is 2.29. The molecule has 1 heterocycles. The number of aromatic carboxylic acids is 1. The topological polar surface area (TPSA) is 63.1 Å². The third-order valence-corrected chi connectivity index (χ3v) is 1.22. The normalized spacial score (nSPS) is 11.3. The van der Waals surface area contributed by atoms with E-state index in [2.05, 4.69) is 10.2 Å². The second-order valence-electron chi connectivity index (χ2n) is 2.10. The quantitative estimate of drug-likeness (QED) is 0.725. The van der Waals surface area contributed by atoms with Crippen molar-refractivity contribution in [3.05, 3.63) is 23.5 Å². The summed E-state index contributed by atoms with van der Waals surface area (Å²) in [5.41, 5.74) is -2.38. The van der Waals surface area contributed by atoms with Crippen LogP contribution in [0.15, 0.2) is 12.3 Å². The van der Waals surface area contributed by atoms with E-state index in [-0.39, 0.29) is 0 Å². The number of aromatic nitrogens is 2. The van der Waals surface area contributed by atoms with Crippen molar-refractivity contribution in [2.75, 3.05) is 0 Å². The molecular weight excluding hydrogens is 189 g/mol. The molecule has 0 unspecified atom stereocenters. The second kappa shape index (κ2) is 3.00. The standard InChI is InChI=1S/C6H3F3N2O2/c7-6(8,9)4-3(5(12)13)1-2-10-11-4/h1-2H,(H,12,13). The molecule has 13 heavy (non-hydrogen) atoms. The van der Waals surface area contributed by atoms with Crippen LogP contribution in [0.4, 0.5) is 13.2 Å². The highest BCUT2D eigenvalue weighted by Gasteiger charge is 2.37. The molecule has 1 rings (SSSR count). The third kappa shape index (κ3) is 1.92. The third-order valence-electron chi connectivity index (χ3n) is 1.22. The molecule has 0 aliphatic carbocycles. The number of rotatable bonds is 1. The lowest BCUT2D eigenvalue weighted by Crippen LogP contribution is -2.15. The maximum Gasteiger partial charge on any atom is 0.436 e. The van der Waals surface area contributed by atoms with Crippen molar-refractivity contribution in [2.45, 2.75) is 6.18 Å². The lowest BCUT2D eigenvalue weighted by atomic mass is 10.2. The van der Waals surface area contributed by atoms with Crippen LogP contribution >= 0.6 is 0 Å². The van der Waals surface area contributed by atoms with E-state index in [4.69, 9.17) is 5.11 Å². The molecule has 0 radical (unpaired) electrons. The molecule has 1 N–H and O–H groups in total. The van der Waals surface area contributed by atoms with Gasteiger partial charge in [0.25, 0.3) is 0 Å². The molecule has 0 amide bonds. The van der Waals surface area contributed by atoms with Gasteiger partial charge in [-0.3, -0.25) is 0 Å². The minimum absolute atomic E-state index is 0.748. The van der Waals surface area contributed by atoms with E-state index in [1.165, 1.54) is 0 Å². The lowest BCUT2D eigenvalue weighted by molar-refractivity contribution is -0.142. The number of carboxylic acids is 1. The Morgan fingerprint density at radius 3 is 2.46 bits per heavy atom. The number of carboxylic acid groups (broad SMARTS) is 1. The molecule has 0 aliphatic heterocycles. The molecule has 0 saturated carbocycles. The summed E-state index contributed by atoms with van der Waals surface area (Å²) in [6.07, 6.45) is -3.90. The van der Waals surface area contributed by atoms with Crippen LogP contribution in [0.3, 0.4) is 0 Å². The van der Waals surface area contributed by atoms with Gasteiger partial charge in [0.15, 0.2) is 5.69 Å². The van der Waals surface area contributed by atoms with Crippen LogP contribution in [-0.2, 0) is 6.18 Å². The van der Waals surface area contributed by atoms with Gasteiger partial charge in [-0.25, -0.2) is 4.79 Å². The van der Waals surface area contributed by atoms with E-state index in [1.54, 1.807) is 0 Å². The Bertz CT molecular complexity index is 337. The summed E-state index contributed by atoms with van der Waals surface area (Å²) in [4.78, 5) is 10.3. The zero-order valence-electron chi connectivity index (χ0n) is 6.04. The van der Waals surface area contributed by atoms with Gasteiger partial charge in [-0.05, 0) is 6.07 Å². The maximum atomic E-state index is 12.0. The molecule has 1 aromatic heterocycles. The minimum Gasteiger partial charge on any atom is -0.478 e. The number of halogens is 3. The summed E-state index contributed by atoms with van der Waals surface area (Å²) in [5.74, 6) is -1.68. The van der Waals surface area contributed by atoms with Crippen LogP contribution < -0.4 is 0 Å². The van der Waals surface area contributed by atoms with Crippen molar-refractivity contribution in [2.24, 2.45) is 0 Å². The molecule has 7 heteroatoms. The van der Waals surface area contributed by atoms with Gasteiger partial charge >= 0.3 is 12.1 Å². The molecule has 0 atom stereocenters. The average Bonchev–Trinajstić information content (AvgIpc) is 2.03. The van der Waals surface area contributed by atoms with E-state index in [0.717, 1.165) is 12.3 Å². The molecule has 0 aromatic carbocycles.